The molecule has 0 unspecified atom stereocenters. The fourth-order valence-electron chi connectivity index (χ4n) is 2.05. The first-order chi connectivity index (χ1) is 12.4. The van der Waals surface area contributed by atoms with E-state index >= 15 is 0 Å². The summed E-state index contributed by atoms with van der Waals surface area (Å²) in [5, 5.41) is 5.92. The molecule has 0 bridgehead atoms. The van der Waals surface area contributed by atoms with E-state index in [0.717, 1.165) is 11.6 Å². The Balaban J connectivity index is 0.00000364. The first-order valence-electron chi connectivity index (χ1n) is 7.74. The van der Waals surface area contributed by atoms with Gasteiger partial charge in [0, 0.05) is 19.8 Å². The van der Waals surface area contributed by atoms with Crippen LogP contribution in [-0.4, -0.2) is 31.1 Å². The van der Waals surface area contributed by atoms with Crippen molar-refractivity contribution in [2.45, 2.75) is 12.7 Å². The average molecular weight is 498 g/mol. The molecule has 0 aliphatic heterocycles. The molecule has 1 aromatic heterocycles. The lowest BCUT2D eigenvalue weighted by atomic mass is 10.2. The van der Waals surface area contributed by atoms with Crippen molar-refractivity contribution in [2.75, 3.05) is 20.2 Å². The van der Waals surface area contributed by atoms with Crippen molar-refractivity contribution < 1.29 is 22.3 Å². The summed E-state index contributed by atoms with van der Waals surface area (Å²) in [5.41, 5.74) is -0.0623. The molecule has 10 heteroatoms. The smallest absolute Gasteiger partial charge is 0.421 e. The number of hydrogen-bond donors (Lipinski definition) is 2. The highest BCUT2D eigenvalue weighted by molar-refractivity contribution is 14.0. The fourth-order valence-corrected chi connectivity index (χ4v) is 2.05. The number of ether oxygens (including phenoxy) is 1. The Morgan fingerprint density at radius 2 is 1.85 bits per heavy atom. The molecule has 0 aliphatic carbocycles. The highest BCUT2D eigenvalue weighted by Gasteiger charge is 2.34. The molecule has 1 aromatic carbocycles. The van der Waals surface area contributed by atoms with Crippen LogP contribution in [-0.2, 0) is 12.7 Å². The van der Waals surface area contributed by atoms with Crippen molar-refractivity contribution in [3.63, 3.8) is 0 Å². The number of halogens is 5. The maximum atomic E-state index is 12.9. The van der Waals surface area contributed by atoms with E-state index in [9.17, 15) is 17.6 Å². The number of hydrogen-bond acceptors (Lipinski definition) is 3. The lowest BCUT2D eigenvalue weighted by Crippen LogP contribution is -2.39. The Hall–Kier alpha value is -2.11. The second kappa shape index (κ2) is 10.9. The third kappa shape index (κ3) is 7.57. The molecule has 5 nitrogen and oxygen atoms in total. The topological polar surface area (TPSA) is 58.5 Å². The molecular weight excluding hydrogens is 479 g/mol. The number of guanidine groups is 1. The Morgan fingerprint density at radius 3 is 2.48 bits per heavy atom. The van der Waals surface area contributed by atoms with Crippen LogP contribution in [0.1, 0.15) is 11.1 Å². The van der Waals surface area contributed by atoms with Crippen LogP contribution in [0.15, 0.2) is 47.6 Å². The van der Waals surface area contributed by atoms with E-state index < -0.39 is 17.6 Å². The second-order valence-electron chi connectivity index (χ2n) is 5.18. The van der Waals surface area contributed by atoms with Crippen LogP contribution in [0.5, 0.6) is 5.88 Å². The normalized spacial score (nSPS) is 11.5. The predicted octanol–water partition coefficient (Wildman–Crippen LogP) is 3.60. The summed E-state index contributed by atoms with van der Waals surface area (Å²) in [6, 6.07) is 8.10. The van der Waals surface area contributed by atoms with Crippen molar-refractivity contribution >= 4 is 29.9 Å². The molecule has 0 aliphatic rings. The molecule has 2 aromatic rings. The summed E-state index contributed by atoms with van der Waals surface area (Å²) >= 11 is 0. The Morgan fingerprint density at radius 1 is 1.15 bits per heavy atom. The van der Waals surface area contributed by atoms with E-state index in [1.807, 2.05) is 0 Å². The minimum Gasteiger partial charge on any atom is -0.475 e. The van der Waals surface area contributed by atoms with Gasteiger partial charge in [-0.2, -0.15) is 13.2 Å². The van der Waals surface area contributed by atoms with Crippen LogP contribution in [0.25, 0.3) is 0 Å². The first kappa shape index (κ1) is 22.9. The maximum Gasteiger partial charge on any atom is 0.421 e. The van der Waals surface area contributed by atoms with E-state index in [1.165, 1.54) is 24.4 Å². The molecule has 27 heavy (non-hydrogen) atoms. The summed E-state index contributed by atoms with van der Waals surface area (Å²) in [6.07, 6.45) is -3.29. The van der Waals surface area contributed by atoms with Gasteiger partial charge in [0.15, 0.2) is 5.96 Å². The van der Waals surface area contributed by atoms with Crippen LogP contribution in [0.4, 0.5) is 17.6 Å². The summed E-state index contributed by atoms with van der Waals surface area (Å²) in [4.78, 5) is 7.61. The van der Waals surface area contributed by atoms with Gasteiger partial charge in [0.05, 0.1) is 6.54 Å². The lowest BCUT2D eigenvalue weighted by Gasteiger charge is -2.14. The quantitative estimate of drug-likeness (QED) is 0.210. The summed E-state index contributed by atoms with van der Waals surface area (Å²) < 4.78 is 56.5. The van der Waals surface area contributed by atoms with Gasteiger partial charge in [0.2, 0.25) is 5.88 Å². The van der Waals surface area contributed by atoms with E-state index in [4.69, 9.17) is 4.74 Å². The maximum absolute atomic E-state index is 12.9. The predicted molar refractivity (Wildman–Crippen MR) is 105 cm³/mol. The van der Waals surface area contributed by atoms with Crippen LogP contribution in [0.3, 0.4) is 0 Å². The van der Waals surface area contributed by atoms with E-state index in [0.29, 0.717) is 12.5 Å². The number of benzene rings is 1. The molecule has 1 heterocycles. The van der Waals surface area contributed by atoms with Gasteiger partial charge in [-0.05, 0) is 29.8 Å². The van der Waals surface area contributed by atoms with Gasteiger partial charge in [0.25, 0.3) is 0 Å². The summed E-state index contributed by atoms with van der Waals surface area (Å²) in [7, 11) is 1.56. The van der Waals surface area contributed by atoms with Crippen molar-refractivity contribution in [2.24, 2.45) is 4.99 Å². The van der Waals surface area contributed by atoms with Crippen LogP contribution in [0.2, 0.25) is 0 Å². The van der Waals surface area contributed by atoms with Crippen molar-refractivity contribution in [1.29, 1.82) is 0 Å². The molecule has 2 N–H and O–H groups in total. The standard InChI is InChI=1S/C17H18F4N4O.HI/c1-22-16(25-11-12-4-6-13(18)7-5-12)24-9-10-26-15-14(17(19,20)21)3-2-8-23-15;/h2-8H,9-11H2,1H3,(H2,22,24,25);1H. The number of nitrogens with one attached hydrogen (secondary N) is 2. The van der Waals surface area contributed by atoms with Crippen LogP contribution < -0.4 is 15.4 Å². The number of aliphatic imine (C=N–C) groups is 1. The zero-order valence-corrected chi connectivity index (χ0v) is 16.7. The molecule has 0 atom stereocenters. The van der Waals surface area contributed by atoms with Gasteiger partial charge in [-0.3, -0.25) is 4.99 Å². The molecule has 0 saturated heterocycles. The van der Waals surface area contributed by atoms with Gasteiger partial charge in [-0.15, -0.1) is 24.0 Å². The SMILES string of the molecule is CN=C(NCCOc1ncccc1C(F)(F)F)NCc1ccc(F)cc1.I. The Labute approximate surface area is 171 Å². The van der Waals surface area contributed by atoms with E-state index in [2.05, 4.69) is 20.6 Å². The average Bonchev–Trinajstić information content (AvgIpc) is 2.62. The number of aromatic nitrogens is 1. The second-order valence-corrected chi connectivity index (χ2v) is 5.18. The number of rotatable bonds is 6. The molecule has 0 amide bonds. The third-order valence-corrected chi connectivity index (χ3v) is 3.31. The van der Waals surface area contributed by atoms with Crippen molar-refractivity contribution in [1.82, 2.24) is 15.6 Å². The first-order valence-corrected chi connectivity index (χ1v) is 7.74. The van der Waals surface area contributed by atoms with Gasteiger partial charge in [0.1, 0.15) is 18.0 Å². The minimum absolute atomic E-state index is 0. The highest BCUT2D eigenvalue weighted by atomic mass is 127. The zero-order valence-electron chi connectivity index (χ0n) is 14.4. The molecular formula is C17H19F4IN4O. The molecule has 0 fully saturated rings. The molecule has 0 radical (unpaired) electrons. The van der Waals surface area contributed by atoms with Crippen LogP contribution >= 0.6 is 24.0 Å². The molecule has 148 valence electrons. The Kier molecular flexibility index (Phi) is 9.26. The van der Waals surface area contributed by atoms with Gasteiger partial charge in [-0.25, -0.2) is 9.37 Å². The van der Waals surface area contributed by atoms with Gasteiger partial charge < -0.3 is 15.4 Å². The van der Waals surface area contributed by atoms with E-state index in [1.54, 1.807) is 19.2 Å². The van der Waals surface area contributed by atoms with Crippen molar-refractivity contribution in [3.8, 4) is 5.88 Å². The molecule has 2 rings (SSSR count). The highest BCUT2D eigenvalue weighted by Crippen LogP contribution is 2.34. The summed E-state index contributed by atoms with van der Waals surface area (Å²) in [6.45, 7) is 0.605. The lowest BCUT2D eigenvalue weighted by molar-refractivity contribution is -0.139. The van der Waals surface area contributed by atoms with Gasteiger partial charge >= 0.3 is 6.18 Å². The van der Waals surface area contributed by atoms with Gasteiger partial charge in [-0.1, -0.05) is 12.1 Å². The van der Waals surface area contributed by atoms with E-state index in [-0.39, 0.29) is 42.9 Å². The molecule has 0 saturated carbocycles. The third-order valence-electron chi connectivity index (χ3n) is 3.31. The number of nitrogens with zero attached hydrogens (tertiary/aromatic N) is 2. The number of alkyl halides is 3. The molecule has 0 spiro atoms. The minimum atomic E-state index is -4.52. The summed E-state index contributed by atoms with van der Waals surface area (Å²) in [5.74, 6) is -0.341. The Bertz CT molecular complexity index is 738. The zero-order chi connectivity index (χ0) is 19.0. The number of pyridine rings is 1. The largest absolute Gasteiger partial charge is 0.475 e. The van der Waals surface area contributed by atoms with Crippen molar-refractivity contribution in [3.05, 3.63) is 59.5 Å². The fraction of sp³-hybridized carbons (Fsp3) is 0.294. The monoisotopic (exact) mass is 498 g/mol. The van der Waals surface area contributed by atoms with Crippen LogP contribution in [0, 0.1) is 5.82 Å².